The van der Waals surface area contributed by atoms with Crippen LogP contribution in [0.1, 0.15) is 44.0 Å². The molecular weight excluding hydrogens is 238 g/mol. The molecule has 0 spiro atoms. The summed E-state index contributed by atoms with van der Waals surface area (Å²) in [6.07, 6.45) is 1.50. The van der Waals surface area contributed by atoms with Crippen molar-refractivity contribution in [1.82, 2.24) is 4.90 Å². The fourth-order valence-corrected chi connectivity index (χ4v) is 1.97. The second kappa shape index (κ2) is 8.70. The fourth-order valence-electron chi connectivity index (χ4n) is 1.97. The van der Waals surface area contributed by atoms with E-state index < -0.39 is 0 Å². The monoisotopic (exact) mass is 263 g/mol. The SMILES string of the molecule is CCCOc1ccccc1C(=O)CCN(CC)CC. The van der Waals surface area contributed by atoms with Gasteiger partial charge < -0.3 is 9.64 Å². The van der Waals surface area contributed by atoms with Crippen molar-refractivity contribution in [2.75, 3.05) is 26.2 Å². The van der Waals surface area contributed by atoms with E-state index in [9.17, 15) is 4.79 Å². The minimum Gasteiger partial charge on any atom is -0.493 e. The molecule has 0 bridgehead atoms. The molecule has 3 nitrogen and oxygen atoms in total. The Bertz CT molecular complexity index is 386. The largest absolute Gasteiger partial charge is 0.493 e. The molecule has 0 aromatic heterocycles. The maximum absolute atomic E-state index is 12.3. The number of hydrogen-bond acceptors (Lipinski definition) is 3. The number of carbonyl (C=O) groups excluding carboxylic acids is 1. The van der Waals surface area contributed by atoms with E-state index in [1.807, 2.05) is 24.3 Å². The molecule has 1 aromatic carbocycles. The van der Waals surface area contributed by atoms with Crippen molar-refractivity contribution in [1.29, 1.82) is 0 Å². The zero-order valence-electron chi connectivity index (χ0n) is 12.3. The zero-order chi connectivity index (χ0) is 14.1. The molecule has 0 fully saturated rings. The molecule has 0 saturated carbocycles. The zero-order valence-corrected chi connectivity index (χ0v) is 12.3. The Morgan fingerprint density at radius 3 is 2.47 bits per heavy atom. The van der Waals surface area contributed by atoms with Gasteiger partial charge in [-0.15, -0.1) is 0 Å². The molecule has 106 valence electrons. The predicted octanol–water partition coefficient (Wildman–Crippen LogP) is 3.39. The second-order valence-electron chi connectivity index (χ2n) is 4.54. The van der Waals surface area contributed by atoms with Crippen LogP contribution in [0.15, 0.2) is 24.3 Å². The van der Waals surface area contributed by atoms with Crippen LogP contribution in [0.4, 0.5) is 0 Å². The number of nitrogens with zero attached hydrogens (tertiary/aromatic N) is 1. The van der Waals surface area contributed by atoms with E-state index >= 15 is 0 Å². The molecule has 3 heteroatoms. The molecule has 0 amide bonds. The maximum Gasteiger partial charge on any atom is 0.167 e. The normalized spacial score (nSPS) is 10.7. The van der Waals surface area contributed by atoms with Gasteiger partial charge in [0.2, 0.25) is 0 Å². The predicted molar refractivity (Wildman–Crippen MR) is 79.0 cm³/mol. The van der Waals surface area contributed by atoms with Crippen molar-refractivity contribution in [3.8, 4) is 5.75 Å². The fraction of sp³-hybridized carbons (Fsp3) is 0.562. The van der Waals surface area contributed by atoms with Crippen LogP contribution in [-0.4, -0.2) is 36.9 Å². The Balaban J connectivity index is 2.65. The van der Waals surface area contributed by atoms with Crippen LogP contribution >= 0.6 is 0 Å². The van der Waals surface area contributed by atoms with Gasteiger partial charge in [0.1, 0.15) is 5.75 Å². The van der Waals surface area contributed by atoms with Crippen LogP contribution < -0.4 is 4.74 Å². The first-order valence-electron chi connectivity index (χ1n) is 7.20. The van der Waals surface area contributed by atoms with Gasteiger partial charge in [-0.1, -0.05) is 32.9 Å². The van der Waals surface area contributed by atoms with E-state index in [-0.39, 0.29) is 5.78 Å². The molecule has 0 N–H and O–H groups in total. The van der Waals surface area contributed by atoms with Gasteiger partial charge in [0.25, 0.3) is 0 Å². The Morgan fingerprint density at radius 1 is 1.16 bits per heavy atom. The lowest BCUT2D eigenvalue weighted by Crippen LogP contribution is -2.25. The van der Waals surface area contributed by atoms with E-state index in [2.05, 4.69) is 25.7 Å². The number of hydrogen-bond donors (Lipinski definition) is 0. The summed E-state index contributed by atoms with van der Waals surface area (Å²) in [6, 6.07) is 7.53. The number of rotatable bonds is 9. The van der Waals surface area contributed by atoms with Crippen molar-refractivity contribution >= 4 is 5.78 Å². The Labute approximate surface area is 116 Å². The highest BCUT2D eigenvalue weighted by molar-refractivity contribution is 5.98. The third-order valence-corrected chi connectivity index (χ3v) is 3.20. The Kier molecular flexibility index (Phi) is 7.19. The molecule has 0 unspecified atom stereocenters. The molecule has 0 radical (unpaired) electrons. The number of carbonyl (C=O) groups is 1. The van der Waals surface area contributed by atoms with Crippen LogP contribution in [0.5, 0.6) is 5.75 Å². The standard InChI is InChI=1S/C16H25NO2/c1-4-13-19-16-10-8-7-9-14(16)15(18)11-12-17(5-2)6-3/h7-10H,4-6,11-13H2,1-3H3. The Morgan fingerprint density at radius 2 is 1.84 bits per heavy atom. The lowest BCUT2D eigenvalue weighted by Gasteiger charge is -2.17. The van der Waals surface area contributed by atoms with Gasteiger partial charge in [-0.05, 0) is 31.6 Å². The van der Waals surface area contributed by atoms with E-state index in [0.29, 0.717) is 24.3 Å². The average Bonchev–Trinajstić information content (AvgIpc) is 2.46. The molecule has 1 rings (SSSR count). The molecular formula is C16H25NO2. The molecule has 19 heavy (non-hydrogen) atoms. The smallest absolute Gasteiger partial charge is 0.167 e. The minimum atomic E-state index is 0.165. The van der Waals surface area contributed by atoms with Crippen molar-refractivity contribution in [3.05, 3.63) is 29.8 Å². The first-order chi connectivity index (χ1) is 9.22. The molecule has 0 heterocycles. The molecule has 0 aliphatic heterocycles. The molecule has 0 aliphatic rings. The lowest BCUT2D eigenvalue weighted by atomic mass is 10.1. The van der Waals surface area contributed by atoms with Crippen molar-refractivity contribution < 1.29 is 9.53 Å². The highest BCUT2D eigenvalue weighted by Crippen LogP contribution is 2.20. The summed E-state index contributed by atoms with van der Waals surface area (Å²) in [6.45, 7) is 9.73. The summed E-state index contributed by atoms with van der Waals surface area (Å²) in [5.74, 6) is 0.882. The van der Waals surface area contributed by atoms with Crippen LogP contribution in [-0.2, 0) is 0 Å². The summed E-state index contributed by atoms with van der Waals surface area (Å²) in [5, 5.41) is 0. The van der Waals surface area contributed by atoms with Gasteiger partial charge in [-0.25, -0.2) is 0 Å². The summed E-state index contributed by atoms with van der Waals surface area (Å²) in [7, 11) is 0. The van der Waals surface area contributed by atoms with Crippen LogP contribution in [0, 0.1) is 0 Å². The molecule has 1 aromatic rings. The maximum atomic E-state index is 12.3. The summed E-state index contributed by atoms with van der Waals surface area (Å²) in [5.41, 5.74) is 0.711. The highest BCUT2D eigenvalue weighted by Gasteiger charge is 2.12. The highest BCUT2D eigenvalue weighted by atomic mass is 16.5. The number of Topliss-reactive ketones (excluding diaryl/α,β-unsaturated/α-hetero) is 1. The van der Waals surface area contributed by atoms with Gasteiger partial charge in [0.05, 0.1) is 12.2 Å². The van der Waals surface area contributed by atoms with Gasteiger partial charge in [0.15, 0.2) is 5.78 Å². The van der Waals surface area contributed by atoms with Crippen molar-refractivity contribution in [2.45, 2.75) is 33.6 Å². The third kappa shape index (κ3) is 5.03. The molecule has 0 aliphatic carbocycles. The number of para-hydroxylation sites is 1. The van der Waals surface area contributed by atoms with Gasteiger partial charge in [-0.2, -0.15) is 0 Å². The molecule has 0 saturated heterocycles. The van der Waals surface area contributed by atoms with Crippen molar-refractivity contribution in [3.63, 3.8) is 0 Å². The number of ketones is 1. The second-order valence-corrected chi connectivity index (χ2v) is 4.54. The summed E-state index contributed by atoms with van der Waals surface area (Å²) >= 11 is 0. The van der Waals surface area contributed by atoms with Crippen LogP contribution in [0.3, 0.4) is 0 Å². The van der Waals surface area contributed by atoms with E-state index in [1.165, 1.54) is 0 Å². The van der Waals surface area contributed by atoms with Crippen LogP contribution in [0.2, 0.25) is 0 Å². The van der Waals surface area contributed by atoms with Gasteiger partial charge in [-0.3, -0.25) is 4.79 Å². The third-order valence-electron chi connectivity index (χ3n) is 3.20. The van der Waals surface area contributed by atoms with E-state index in [4.69, 9.17) is 4.74 Å². The number of benzene rings is 1. The molecule has 0 atom stereocenters. The number of ether oxygens (including phenoxy) is 1. The average molecular weight is 263 g/mol. The lowest BCUT2D eigenvalue weighted by molar-refractivity contribution is 0.0962. The van der Waals surface area contributed by atoms with E-state index in [1.54, 1.807) is 0 Å². The Hall–Kier alpha value is -1.35. The summed E-state index contributed by atoms with van der Waals surface area (Å²) in [4.78, 5) is 14.5. The quantitative estimate of drug-likeness (QED) is 0.640. The first kappa shape index (κ1) is 15.7. The van der Waals surface area contributed by atoms with Gasteiger partial charge >= 0.3 is 0 Å². The topological polar surface area (TPSA) is 29.5 Å². The van der Waals surface area contributed by atoms with Gasteiger partial charge in [0, 0.05) is 13.0 Å². The van der Waals surface area contributed by atoms with Crippen molar-refractivity contribution in [2.24, 2.45) is 0 Å². The summed E-state index contributed by atoms with van der Waals surface area (Å²) < 4.78 is 5.63. The van der Waals surface area contributed by atoms with Crippen LogP contribution in [0.25, 0.3) is 0 Å². The van der Waals surface area contributed by atoms with E-state index in [0.717, 1.165) is 26.1 Å². The first-order valence-corrected chi connectivity index (χ1v) is 7.20. The minimum absolute atomic E-state index is 0.165.